The molecular weight excluding hydrogens is 595 g/mol. The molecule has 0 spiro atoms. The topological polar surface area (TPSA) is 16.4 Å². The van der Waals surface area contributed by atoms with Crippen LogP contribution >= 0.6 is 0 Å². The first-order chi connectivity index (χ1) is 24.0. The lowest BCUT2D eigenvalue weighted by Crippen LogP contribution is -2.14. The Balaban J connectivity index is 1.22. The van der Waals surface area contributed by atoms with Crippen molar-refractivity contribution < 1.29 is 4.42 Å². The van der Waals surface area contributed by atoms with E-state index < -0.39 is 0 Å². The van der Waals surface area contributed by atoms with E-state index in [0.29, 0.717) is 0 Å². The van der Waals surface area contributed by atoms with Crippen molar-refractivity contribution in [2.45, 2.75) is 19.3 Å². The molecular formula is C47H33NO. The standard InChI is InChI=1S/C47H33NO/c1-47(2)42-19-8-6-16-36(42)40-27-32-22-24-37-35(39(32)29-43(40)47)18-11-20-44(37)48(33-15-10-14-31(26-33)30-12-4-3-5-13-30)34-23-25-46-41(28-34)38-17-7-9-21-45(38)49-46/h3-29H,1-2H3. The van der Waals surface area contributed by atoms with Gasteiger partial charge in [-0.15, -0.1) is 0 Å². The van der Waals surface area contributed by atoms with Crippen molar-refractivity contribution in [3.8, 4) is 22.3 Å². The quantitative estimate of drug-likeness (QED) is 0.181. The zero-order chi connectivity index (χ0) is 32.7. The summed E-state index contributed by atoms with van der Waals surface area (Å²) in [6.07, 6.45) is 0. The highest BCUT2D eigenvalue weighted by atomic mass is 16.3. The van der Waals surface area contributed by atoms with E-state index in [1.54, 1.807) is 0 Å². The molecule has 1 aliphatic rings. The van der Waals surface area contributed by atoms with E-state index in [0.717, 1.165) is 39.0 Å². The first kappa shape index (κ1) is 27.9. The zero-order valence-electron chi connectivity index (χ0n) is 27.4. The molecule has 0 bridgehead atoms. The Morgan fingerprint density at radius 1 is 0.429 bits per heavy atom. The molecule has 2 heteroatoms. The number of benzene rings is 8. The summed E-state index contributed by atoms with van der Waals surface area (Å²) in [5.41, 5.74) is 12.9. The van der Waals surface area contributed by atoms with Gasteiger partial charge in [-0.1, -0.05) is 123 Å². The van der Waals surface area contributed by atoms with Crippen molar-refractivity contribution in [3.63, 3.8) is 0 Å². The minimum Gasteiger partial charge on any atom is -0.456 e. The van der Waals surface area contributed by atoms with Crippen molar-refractivity contribution in [3.05, 3.63) is 175 Å². The van der Waals surface area contributed by atoms with Gasteiger partial charge >= 0.3 is 0 Å². The maximum Gasteiger partial charge on any atom is 0.135 e. The molecule has 0 saturated carbocycles. The summed E-state index contributed by atoms with van der Waals surface area (Å²) >= 11 is 0. The van der Waals surface area contributed by atoms with Crippen molar-refractivity contribution >= 4 is 60.5 Å². The van der Waals surface area contributed by atoms with Crippen LogP contribution in [0.3, 0.4) is 0 Å². The Bertz CT molecular complexity index is 2750. The molecule has 0 N–H and O–H groups in total. The summed E-state index contributed by atoms with van der Waals surface area (Å²) in [6, 6.07) is 59.5. The van der Waals surface area contributed by atoms with Gasteiger partial charge in [-0.25, -0.2) is 0 Å². The van der Waals surface area contributed by atoms with Crippen LogP contribution in [0.1, 0.15) is 25.0 Å². The monoisotopic (exact) mass is 627 g/mol. The Kier molecular flexibility index (Phi) is 5.95. The Labute approximate surface area is 285 Å². The summed E-state index contributed by atoms with van der Waals surface area (Å²) in [5.74, 6) is 0. The molecule has 8 aromatic carbocycles. The fraction of sp³-hybridized carbons (Fsp3) is 0.0638. The molecule has 1 heterocycles. The molecule has 9 aromatic rings. The average molecular weight is 628 g/mol. The molecule has 1 aromatic heterocycles. The summed E-state index contributed by atoms with van der Waals surface area (Å²) in [5, 5.41) is 7.25. The predicted octanol–water partition coefficient (Wildman–Crippen LogP) is 13.3. The van der Waals surface area contributed by atoms with Crippen LogP contribution in [0.15, 0.2) is 168 Å². The fourth-order valence-corrected chi connectivity index (χ4v) is 8.20. The predicted molar refractivity (Wildman–Crippen MR) is 206 cm³/mol. The van der Waals surface area contributed by atoms with Crippen molar-refractivity contribution in [2.24, 2.45) is 0 Å². The van der Waals surface area contributed by atoms with Crippen LogP contribution < -0.4 is 4.90 Å². The highest BCUT2D eigenvalue weighted by Crippen LogP contribution is 2.51. The molecule has 0 radical (unpaired) electrons. The fourth-order valence-electron chi connectivity index (χ4n) is 8.20. The Morgan fingerprint density at radius 3 is 2.08 bits per heavy atom. The number of hydrogen-bond donors (Lipinski definition) is 0. The minimum absolute atomic E-state index is 0.0629. The van der Waals surface area contributed by atoms with Gasteiger partial charge in [0.2, 0.25) is 0 Å². The van der Waals surface area contributed by atoms with Gasteiger partial charge in [0.15, 0.2) is 0 Å². The second-order valence-corrected chi connectivity index (χ2v) is 13.8. The van der Waals surface area contributed by atoms with Crippen LogP contribution in [0.2, 0.25) is 0 Å². The van der Waals surface area contributed by atoms with Gasteiger partial charge in [0.1, 0.15) is 11.2 Å². The summed E-state index contributed by atoms with van der Waals surface area (Å²) in [6.45, 7) is 4.72. The molecule has 0 fully saturated rings. The molecule has 0 atom stereocenters. The number of para-hydroxylation sites is 1. The maximum absolute atomic E-state index is 6.25. The van der Waals surface area contributed by atoms with E-state index in [1.807, 2.05) is 12.1 Å². The largest absolute Gasteiger partial charge is 0.456 e. The Morgan fingerprint density at radius 2 is 1.16 bits per heavy atom. The molecule has 232 valence electrons. The van der Waals surface area contributed by atoms with Crippen molar-refractivity contribution in [1.29, 1.82) is 0 Å². The van der Waals surface area contributed by atoms with Crippen molar-refractivity contribution in [2.75, 3.05) is 4.90 Å². The number of nitrogens with zero attached hydrogens (tertiary/aromatic N) is 1. The number of rotatable bonds is 4. The van der Waals surface area contributed by atoms with Gasteiger partial charge in [-0.3, -0.25) is 0 Å². The average Bonchev–Trinajstić information content (AvgIpc) is 3.63. The lowest BCUT2D eigenvalue weighted by molar-refractivity contribution is 0.661. The number of furan rings is 1. The van der Waals surface area contributed by atoms with Gasteiger partial charge in [0, 0.05) is 32.9 Å². The van der Waals surface area contributed by atoms with E-state index >= 15 is 0 Å². The third kappa shape index (κ3) is 4.20. The van der Waals surface area contributed by atoms with E-state index in [1.165, 1.54) is 54.9 Å². The Hall–Kier alpha value is -6.12. The molecule has 0 amide bonds. The van der Waals surface area contributed by atoms with Crippen LogP contribution in [-0.4, -0.2) is 0 Å². The number of fused-ring (bicyclic) bond motifs is 9. The molecule has 1 aliphatic carbocycles. The lowest BCUT2D eigenvalue weighted by Gasteiger charge is -2.28. The van der Waals surface area contributed by atoms with Crippen LogP contribution in [0.25, 0.3) is 65.7 Å². The summed E-state index contributed by atoms with van der Waals surface area (Å²) < 4.78 is 6.25. The summed E-state index contributed by atoms with van der Waals surface area (Å²) in [7, 11) is 0. The van der Waals surface area contributed by atoms with Gasteiger partial charge in [-0.2, -0.15) is 0 Å². The van der Waals surface area contributed by atoms with E-state index in [-0.39, 0.29) is 5.41 Å². The van der Waals surface area contributed by atoms with Gasteiger partial charge < -0.3 is 9.32 Å². The third-order valence-corrected chi connectivity index (χ3v) is 10.6. The second kappa shape index (κ2) is 10.4. The lowest BCUT2D eigenvalue weighted by atomic mass is 9.81. The van der Waals surface area contributed by atoms with Gasteiger partial charge in [0.05, 0.1) is 5.69 Å². The first-order valence-electron chi connectivity index (χ1n) is 17.0. The normalized spacial score (nSPS) is 13.3. The van der Waals surface area contributed by atoms with Crippen molar-refractivity contribution in [1.82, 2.24) is 0 Å². The molecule has 49 heavy (non-hydrogen) atoms. The SMILES string of the molecule is CC1(C)c2ccccc2-c2cc3ccc4c(N(c5cccc(-c6ccccc6)c5)c5ccc6oc7ccccc7c6c5)cccc4c3cc21. The van der Waals surface area contributed by atoms with Crippen LogP contribution in [-0.2, 0) is 5.41 Å². The van der Waals surface area contributed by atoms with E-state index in [4.69, 9.17) is 4.42 Å². The number of hydrogen-bond acceptors (Lipinski definition) is 2. The van der Waals surface area contributed by atoms with E-state index in [2.05, 4.69) is 170 Å². The zero-order valence-corrected chi connectivity index (χ0v) is 27.4. The summed E-state index contributed by atoms with van der Waals surface area (Å²) in [4.78, 5) is 2.41. The molecule has 0 saturated heterocycles. The van der Waals surface area contributed by atoms with Crippen LogP contribution in [0.4, 0.5) is 17.1 Å². The molecule has 0 unspecified atom stereocenters. The first-order valence-corrected chi connectivity index (χ1v) is 17.0. The van der Waals surface area contributed by atoms with Gasteiger partial charge in [0.25, 0.3) is 0 Å². The van der Waals surface area contributed by atoms with Gasteiger partial charge in [-0.05, 0) is 104 Å². The molecule has 0 aliphatic heterocycles. The highest BCUT2D eigenvalue weighted by Gasteiger charge is 2.35. The minimum atomic E-state index is -0.0629. The van der Waals surface area contributed by atoms with E-state index in [9.17, 15) is 0 Å². The smallest absolute Gasteiger partial charge is 0.135 e. The number of anilines is 3. The third-order valence-electron chi connectivity index (χ3n) is 10.6. The van der Waals surface area contributed by atoms with Crippen LogP contribution in [0, 0.1) is 0 Å². The second-order valence-electron chi connectivity index (χ2n) is 13.8. The highest BCUT2D eigenvalue weighted by molar-refractivity contribution is 6.15. The molecule has 10 rings (SSSR count). The van der Waals surface area contributed by atoms with Crippen LogP contribution in [0.5, 0.6) is 0 Å². The molecule has 2 nitrogen and oxygen atoms in total. The maximum atomic E-state index is 6.25.